The highest BCUT2D eigenvalue weighted by Gasteiger charge is 2.19. The average Bonchev–Trinajstić information content (AvgIpc) is 3.02. The van der Waals surface area contributed by atoms with Gasteiger partial charge in [-0.2, -0.15) is 0 Å². The lowest BCUT2D eigenvalue weighted by molar-refractivity contribution is 0.0754. The number of carbonyl (C=O) groups is 1. The molecule has 0 aliphatic carbocycles. The van der Waals surface area contributed by atoms with E-state index in [2.05, 4.69) is 10.5 Å². The molecule has 98 valence electrons. The van der Waals surface area contributed by atoms with E-state index >= 15 is 0 Å². The lowest BCUT2D eigenvalue weighted by Gasteiger charge is -2.09. The molecule has 0 bridgehead atoms. The largest absolute Gasteiger partial charge is 0.390 e. The zero-order valence-corrected chi connectivity index (χ0v) is 11.4. The van der Waals surface area contributed by atoms with E-state index in [0.29, 0.717) is 6.54 Å². The number of thiophene rings is 1. The van der Waals surface area contributed by atoms with Gasteiger partial charge in [-0.05, 0) is 13.0 Å². The van der Waals surface area contributed by atoms with E-state index < -0.39 is 0 Å². The number of amides is 1. The van der Waals surface area contributed by atoms with Gasteiger partial charge in [-0.15, -0.1) is 11.3 Å². The van der Waals surface area contributed by atoms with Crippen molar-refractivity contribution < 1.29 is 9.63 Å². The minimum absolute atomic E-state index is 0.0335. The molecule has 1 atom stereocenters. The van der Waals surface area contributed by atoms with Gasteiger partial charge in [0.1, 0.15) is 6.10 Å². The fourth-order valence-corrected chi connectivity index (χ4v) is 3.07. The summed E-state index contributed by atoms with van der Waals surface area (Å²) in [6.45, 7) is 2.41. The van der Waals surface area contributed by atoms with E-state index in [1.807, 2.05) is 36.6 Å². The van der Waals surface area contributed by atoms with Crippen molar-refractivity contribution in [3.63, 3.8) is 0 Å². The summed E-state index contributed by atoms with van der Waals surface area (Å²) in [5.41, 5.74) is 1.71. The first-order valence-electron chi connectivity index (χ1n) is 6.18. The molecule has 2 heterocycles. The molecule has 1 aliphatic rings. The summed E-state index contributed by atoms with van der Waals surface area (Å²) in [5.74, 6) is -0.0504. The fraction of sp³-hybridized carbons (Fsp3) is 0.286. The van der Waals surface area contributed by atoms with Crippen LogP contribution in [0.4, 0.5) is 0 Å². The van der Waals surface area contributed by atoms with Gasteiger partial charge in [-0.3, -0.25) is 4.79 Å². The maximum Gasteiger partial charge on any atom is 0.252 e. The average molecular weight is 274 g/mol. The van der Waals surface area contributed by atoms with E-state index in [4.69, 9.17) is 4.84 Å². The van der Waals surface area contributed by atoms with Crippen LogP contribution in [0.1, 0.15) is 23.7 Å². The Hall–Kier alpha value is -1.88. The molecule has 1 aliphatic heterocycles. The highest BCUT2D eigenvalue weighted by Crippen LogP contribution is 2.25. The summed E-state index contributed by atoms with van der Waals surface area (Å²) in [5, 5.41) is 9.69. The van der Waals surface area contributed by atoms with Crippen LogP contribution >= 0.6 is 11.3 Å². The van der Waals surface area contributed by atoms with Crippen LogP contribution in [0.3, 0.4) is 0 Å². The van der Waals surface area contributed by atoms with E-state index in [1.54, 1.807) is 11.3 Å². The molecule has 1 amide bonds. The van der Waals surface area contributed by atoms with Gasteiger partial charge >= 0.3 is 0 Å². The number of carbonyl (C=O) groups excluding carboxylic acids is 1. The predicted molar refractivity (Wildman–Crippen MR) is 76.8 cm³/mol. The zero-order valence-electron chi connectivity index (χ0n) is 10.6. The Kier molecular flexibility index (Phi) is 3.21. The molecule has 3 rings (SSSR count). The third kappa shape index (κ3) is 2.46. The first kappa shape index (κ1) is 12.2. The number of hydrogen-bond donors (Lipinski definition) is 1. The second-order valence-corrected chi connectivity index (χ2v) is 5.52. The number of oxime groups is 1. The maximum atomic E-state index is 12.2. The Labute approximate surface area is 115 Å². The minimum atomic E-state index is -0.0504. The van der Waals surface area contributed by atoms with Crippen LogP contribution in [0.5, 0.6) is 0 Å². The first-order valence-corrected chi connectivity index (χ1v) is 7.06. The molecule has 1 aromatic heterocycles. The normalized spacial score (nSPS) is 18.2. The van der Waals surface area contributed by atoms with Crippen LogP contribution < -0.4 is 5.32 Å². The van der Waals surface area contributed by atoms with Crippen molar-refractivity contribution in [2.45, 2.75) is 19.4 Å². The Balaban J connectivity index is 1.67. The molecular formula is C14H14N2O2S. The fourth-order valence-electron chi connectivity index (χ4n) is 2.13. The van der Waals surface area contributed by atoms with Crippen LogP contribution in [0.15, 0.2) is 34.8 Å². The van der Waals surface area contributed by atoms with E-state index in [-0.39, 0.29) is 12.0 Å². The van der Waals surface area contributed by atoms with Gasteiger partial charge in [0, 0.05) is 21.9 Å². The van der Waals surface area contributed by atoms with Crippen molar-refractivity contribution in [1.29, 1.82) is 0 Å². The highest BCUT2D eigenvalue weighted by molar-refractivity contribution is 7.17. The summed E-state index contributed by atoms with van der Waals surface area (Å²) >= 11 is 1.59. The van der Waals surface area contributed by atoms with Crippen LogP contribution in [-0.4, -0.2) is 24.3 Å². The third-order valence-corrected chi connectivity index (χ3v) is 4.06. The van der Waals surface area contributed by atoms with Gasteiger partial charge in [-0.25, -0.2) is 0 Å². The zero-order chi connectivity index (χ0) is 13.2. The SMILES string of the molecule is CC1=NO[C@H](CNC(=O)c2csc3ccccc23)C1. The Bertz CT molecular complexity index is 648. The number of nitrogens with zero attached hydrogens (tertiary/aromatic N) is 1. The van der Waals surface area contributed by atoms with Crippen molar-refractivity contribution in [3.05, 3.63) is 35.2 Å². The van der Waals surface area contributed by atoms with E-state index in [0.717, 1.165) is 27.8 Å². The lowest BCUT2D eigenvalue weighted by Crippen LogP contribution is -2.32. The first-order chi connectivity index (χ1) is 9.24. The second-order valence-electron chi connectivity index (χ2n) is 4.61. The monoisotopic (exact) mass is 274 g/mol. The Morgan fingerprint density at radius 3 is 3.16 bits per heavy atom. The van der Waals surface area contributed by atoms with Gasteiger partial charge in [0.2, 0.25) is 0 Å². The second kappa shape index (κ2) is 5.01. The van der Waals surface area contributed by atoms with Gasteiger partial charge < -0.3 is 10.2 Å². The molecule has 0 saturated carbocycles. The molecule has 0 saturated heterocycles. The molecule has 19 heavy (non-hydrogen) atoms. The molecule has 0 radical (unpaired) electrons. The molecule has 0 spiro atoms. The number of hydrogen-bond acceptors (Lipinski definition) is 4. The van der Waals surface area contributed by atoms with Crippen LogP contribution in [-0.2, 0) is 4.84 Å². The lowest BCUT2D eigenvalue weighted by atomic mass is 10.1. The van der Waals surface area contributed by atoms with Crippen LogP contribution in [0.25, 0.3) is 10.1 Å². The van der Waals surface area contributed by atoms with E-state index in [1.165, 1.54) is 0 Å². The van der Waals surface area contributed by atoms with Gasteiger partial charge in [-0.1, -0.05) is 23.4 Å². The summed E-state index contributed by atoms with van der Waals surface area (Å²) < 4.78 is 1.13. The summed E-state index contributed by atoms with van der Waals surface area (Å²) in [6, 6.07) is 7.92. The number of fused-ring (bicyclic) bond motifs is 1. The minimum Gasteiger partial charge on any atom is -0.390 e. The summed E-state index contributed by atoms with van der Waals surface area (Å²) in [6.07, 6.45) is 0.749. The molecular weight excluding hydrogens is 260 g/mol. The van der Waals surface area contributed by atoms with Crippen LogP contribution in [0, 0.1) is 0 Å². The summed E-state index contributed by atoms with van der Waals surface area (Å²) in [4.78, 5) is 17.4. The van der Waals surface area contributed by atoms with E-state index in [9.17, 15) is 4.79 Å². The summed E-state index contributed by atoms with van der Waals surface area (Å²) in [7, 11) is 0. The number of benzene rings is 1. The highest BCUT2D eigenvalue weighted by atomic mass is 32.1. The number of rotatable bonds is 3. The molecule has 1 N–H and O–H groups in total. The molecule has 0 unspecified atom stereocenters. The molecule has 2 aromatic rings. The van der Waals surface area contributed by atoms with Crippen molar-refractivity contribution in [2.75, 3.05) is 6.54 Å². The van der Waals surface area contributed by atoms with Gasteiger partial charge in [0.15, 0.2) is 0 Å². The Morgan fingerprint density at radius 2 is 2.37 bits per heavy atom. The molecule has 4 nitrogen and oxygen atoms in total. The van der Waals surface area contributed by atoms with Crippen molar-refractivity contribution >= 4 is 33.0 Å². The maximum absolute atomic E-state index is 12.2. The Morgan fingerprint density at radius 1 is 1.53 bits per heavy atom. The van der Waals surface area contributed by atoms with Crippen molar-refractivity contribution in [3.8, 4) is 0 Å². The third-order valence-electron chi connectivity index (χ3n) is 3.10. The standard InChI is InChI=1S/C14H14N2O2S/c1-9-6-10(18-16-9)7-15-14(17)12-8-19-13-5-3-2-4-11(12)13/h2-5,8,10H,6-7H2,1H3,(H,15,17)/t10-/m0/s1. The smallest absolute Gasteiger partial charge is 0.252 e. The topological polar surface area (TPSA) is 50.7 Å². The number of nitrogens with one attached hydrogen (secondary N) is 1. The van der Waals surface area contributed by atoms with Crippen molar-refractivity contribution in [1.82, 2.24) is 5.32 Å². The molecule has 5 heteroatoms. The van der Waals surface area contributed by atoms with Gasteiger partial charge in [0.25, 0.3) is 5.91 Å². The van der Waals surface area contributed by atoms with Gasteiger partial charge in [0.05, 0.1) is 17.8 Å². The predicted octanol–water partition coefficient (Wildman–Crippen LogP) is 2.80. The van der Waals surface area contributed by atoms with Crippen molar-refractivity contribution in [2.24, 2.45) is 5.16 Å². The molecule has 1 aromatic carbocycles. The quantitative estimate of drug-likeness (QED) is 0.935. The molecule has 0 fully saturated rings. The van der Waals surface area contributed by atoms with Crippen LogP contribution in [0.2, 0.25) is 0 Å².